The van der Waals surface area contributed by atoms with Crippen molar-refractivity contribution in [3.8, 4) is 0 Å². The number of hydrogen-bond donors (Lipinski definition) is 0. The second kappa shape index (κ2) is 43.1. The van der Waals surface area contributed by atoms with Gasteiger partial charge >= 0.3 is 114 Å². The van der Waals surface area contributed by atoms with Gasteiger partial charge in [-0.25, -0.2) is 0 Å². The molecule has 17 heteroatoms. The Labute approximate surface area is 130 Å². The van der Waals surface area contributed by atoms with E-state index in [4.69, 9.17) is 36.6 Å². The Morgan fingerprint density at radius 3 is 0.471 bits per heavy atom. The molecule has 6 N–H and O–H groups in total. The van der Waals surface area contributed by atoms with Crippen molar-refractivity contribution < 1.29 is 87.2 Å². The van der Waals surface area contributed by atoms with Crippen LogP contribution in [0.5, 0.6) is 0 Å². The molecular formula is H6Fe2O12Se3. The molecule has 0 saturated carbocycles. The van der Waals surface area contributed by atoms with E-state index in [-0.39, 0.29) is 50.6 Å². The molecule has 0 atom stereocenters. The van der Waals surface area contributed by atoms with Gasteiger partial charge < -0.3 is 16.4 Å². The SMILES string of the molecule is O.O.O.O=[Se]([O-])[O-].O=[Se]([O-])[O-].O=[Se]([O-])[O-].[Fe+3].[Fe+3]. The molecule has 12 nitrogen and oxygen atoms in total. The summed E-state index contributed by atoms with van der Waals surface area (Å²) in [6.07, 6.45) is 0. The monoisotopic (exact) mass is 550 g/mol. The van der Waals surface area contributed by atoms with Crippen molar-refractivity contribution in [2.75, 3.05) is 0 Å². The van der Waals surface area contributed by atoms with Gasteiger partial charge in [-0.15, -0.1) is 0 Å². The predicted molar refractivity (Wildman–Crippen MR) is 30.2 cm³/mol. The van der Waals surface area contributed by atoms with Crippen LogP contribution in [-0.4, -0.2) is 59.9 Å². The summed E-state index contributed by atoms with van der Waals surface area (Å²) in [5.41, 5.74) is 0. The Morgan fingerprint density at radius 2 is 0.471 bits per heavy atom. The van der Waals surface area contributed by atoms with Crippen LogP contribution < -0.4 is 25.1 Å². The van der Waals surface area contributed by atoms with Crippen LogP contribution in [0.25, 0.3) is 0 Å². The first-order valence-electron chi connectivity index (χ1n) is 1.50. The fourth-order valence-corrected chi connectivity index (χ4v) is 0. The first-order valence-corrected chi connectivity index (χ1v) is 7.79. The Balaban J connectivity index is -0.0000000104. The van der Waals surface area contributed by atoms with Crippen LogP contribution in [0.4, 0.5) is 0 Å². The van der Waals surface area contributed by atoms with Gasteiger partial charge in [0, 0.05) is 0 Å². The summed E-state index contributed by atoms with van der Waals surface area (Å²) >= 11 is -11.4. The van der Waals surface area contributed by atoms with Crippen molar-refractivity contribution >= 4 is 43.5 Å². The van der Waals surface area contributed by atoms with Crippen LogP contribution >= 0.6 is 0 Å². The smallest absolute Gasteiger partial charge is 3.00 e. The van der Waals surface area contributed by atoms with Crippen LogP contribution in [0, 0.1) is 0 Å². The van der Waals surface area contributed by atoms with Crippen LogP contribution in [0.15, 0.2) is 0 Å². The van der Waals surface area contributed by atoms with E-state index in [1.165, 1.54) is 0 Å². The van der Waals surface area contributed by atoms with E-state index in [9.17, 15) is 0 Å². The summed E-state index contributed by atoms with van der Waals surface area (Å²) in [5.74, 6) is 0. The average molecular weight is 547 g/mol. The third-order valence-electron chi connectivity index (χ3n) is 0. The van der Waals surface area contributed by atoms with E-state index in [2.05, 4.69) is 0 Å². The average Bonchev–Trinajstić information content (AvgIpc) is 1.54. The molecule has 0 aromatic carbocycles. The Morgan fingerprint density at radius 1 is 0.471 bits per heavy atom. The molecule has 0 aliphatic heterocycles. The zero-order valence-corrected chi connectivity index (χ0v) is 14.5. The second-order valence-corrected chi connectivity index (χ2v) is 3.18. The molecule has 17 heavy (non-hydrogen) atoms. The van der Waals surface area contributed by atoms with E-state index in [1.54, 1.807) is 0 Å². The second-order valence-electron chi connectivity index (χ2n) is 0.612. The molecule has 0 aromatic rings. The Kier molecular flexibility index (Phi) is 130. The summed E-state index contributed by atoms with van der Waals surface area (Å²) in [4.78, 5) is 0. The van der Waals surface area contributed by atoms with Gasteiger partial charge in [-0.05, 0) is 0 Å². The molecule has 0 heterocycles. The van der Waals surface area contributed by atoms with Gasteiger partial charge in [0.1, 0.15) is 0 Å². The molecule has 0 bridgehead atoms. The Bertz CT molecular complexity index is 117. The first kappa shape index (κ1) is 51.2. The molecule has 0 aliphatic carbocycles. The molecule has 0 amide bonds. The van der Waals surface area contributed by atoms with Gasteiger partial charge in [0.25, 0.3) is 0 Å². The standard InChI is InChI=1S/2Fe.3H2O3Se.3H2O/c;;3*1-4(2)3;;;/h;;3*(H2,1,2,3);3*1H2/q2*+3;;;;;;/p-6. The van der Waals surface area contributed by atoms with Crippen LogP contribution in [-0.2, 0) is 45.6 Å². The minimum Gasteiger partial charge on any atom is 3.00 e. The zero-order valence-electron chi connectivity index (χ0n) is 7.11. The van der Waals surface area contributed by atoms with Crippen molar-refractivity contribution in [3.63, 3.8) is 0 Å². The van der Waals surface area contributed by atoms with Gasteiger partial charge in [0.05, 0.1) is 0 Å². The minimum absolute atomic E-state index is 0. The van der Waals surface area contributed by atoms with E-state index in [0.717, 1.165) is 0 Å². The van der Waals surface area contributed by atoms with Crippen LogP contribution in [0.1, 0.15) is 0 Å². The molecular weight excluding hydrogens is 541 g/mol. The minimum atomic E-state index is -3.79. The van der Waals surface area contributed by atoms with Gasteiger partial charge in [-0.3, -0.25) is 0 Å². The van der Waals surface area contributed by atoms with Gasteiger partial charge in [0.2, 0.25) is 0 Å². The van der Waals surface area contributed by atoms with Crippen molar-refractivity contribution in [1.29, 1.82) is 0 Å². The largest absolute Gasteiger partial charge is 3.00 e. The van der Waals surface area contributed by atoms with Crippen molar-refractivity contribution in [2.24, 2.45) is 0 Å². The summed E-state index contributed by atoms with van der Waals surface area (Å²) in [7, 11) is 0. The van der Waals surface area contributed by atoms with Crippen LogP contribution in [0.2, 0.25) is 0 Å². The van der Waals surface area contributed by atoms with Gasteiger partial charge in [-0.1, -0.05) is 0 Å². The maximum atomic E-state index is 8.54. The molecule has 2 radical (unpaired) electrons. The van der Waals surface area contributed by atoms with E-state index in [1.807, 2.05) is 0 Å². The van der Waals surface area contributed by atoms with E-state index >= 15 is 0 Å². The zero-order chi connectivity index (χ0) is 10.7. The molecule has 0 saturated heterocycles. The molecule has 0 aromatic heterocycles. The quantitative estimate of drug-likeness (QED) is 0.260. The molecule has 0 rings (SSSR count). The van der Waals surface area contributed by atoms with Crippen molar-refractivity contribution in [2.45, 2.75) is 0 Å². The molecule has 0 spiro atoms. The summed E-state index contributed by atoms with van der Waals surface area (Å²) in [6, 6.07) is 0. The summed E-state index contributed by atoms with van der Waals surface area (Å²) < 4.78 is 76.9. The normalized spacial score (nSPS) is 6.18. The van der Waals surface area contributed by atoms with Crippen LogP contribution in [0.3, 0.4) is 0 Å². The van der Waals surface area contributed by atoms with Gasteiger partial charge in [0.15, 0.2) is 0 Å². The van der Waals surface area contributed by atoms with Gasteiger partial charge in [-0.2, -0.15) is 0 Å². The third kappa shape index (κ3) is 1610. The first-order chi connectivity index (χ1) is 5.20. The molecule has 0 unspecified atom stereocenters. The summed E-state index contributed by atoms with van der Waals surface area (Å²) in [5, 5.41) is 0. The topological polar surface area (TPSA) is 284 Å². The Hall–Kier alpha value is 1.64. The number of rotatable bonds is 0. The molecule has 0 fully saturated rings. The summed E-state index contributed by atoms with van der Waals surface area (Å²) in [6.45, 7) is 0. The molecule has 112 valence electrons. The maximum absolute atomic E-state index is 8.54. The van der Waals surface area contributed by atoms with Crippen molar-refractivity contribution in [1.82, 2.24) is 0 Å². The predicted octanol–water partition coefficient (Wildman–Crippen LogP) is -11.1. The van der Waals surface area contributed by atoms with E-state index < -0.39 is 43.5 Å². The third-order valence-corrected chi connectivity index (χ3v) is 0. The number of hydrogen-bond acceptors (Lipinski definition) is 9. The molecule has 0 aliphatic rings. The maximum Gasteiger partial charge on any atom is 3.00 e. The van der Waals surface area contributed by atoms with E-state index in [0.29, 0.717) is 0 Å². The fourth-order valence-electron chi connectivity index (χ4n) is 0. The fraction of sp³-hybridized carbons (Fsp3) is 0. The van der Waals surface area contributed by atoms with Crippen molar-refractivity contribution in [3.05, 3.63) is 0 Å².